The Morgan fingerprint density at radius 2 is 2.00 bits per heavy atom. The third-order valence-electron chi connectivity index (χ3n) is 4.87. The third kappa shape index (κ3) is 3.39. The van der Waals surface area contributed by atoms with Crippen LogP contribution >= 0.6 is 11.3 Å². The van der Waals surface area contributed by atoms with E-state index in [0.29, 0.717) is 11.5 Å². The van der Waals surface area contributed by atoms with Gasteiger partial charge in [0, 0.05) is 28.4 Å². The van der Waals surface area contributed by atoms with E-state index in [1.54, 1.807) is 22.3 Å². The molecule has 4 rings (SSSR count). The number of aromatic nitrogens is 4. The monoisotopic (exact) mass is 367 g/mol. The second-order valence-electron chi connectivity index (χ2n) is 6.91. The predicted octanol–water partition coefficient (Wildman–Crippen LogP) is 3.57. The van der Waals surface area contributed by atoms with Crippen LogP contribution in [0.3, 0.4) is 0 Å². The molecular formula is C19H21N5OS. The highest BCUT2D eigenvalue weighted by atomic mass is 32.1. The highest BCUT2D eigenvalue weighted by Crippen LogP contribution is 2.31. The Morgan fingerprint density at radius 3 is 2.65 bits per heavy atom. The Balaban J connectivity index is 1.73. The van der Waals surface area contributed by atoms with E-state index in [9.17, 15) is 4.79 Å². The van der Waals surface area contributed by atoms with E-state index in [-0.39, 0.29) is 5.91 Å². The minimum absolute atomic E-state index is 0.0846. The van der Waals surface area contributed by atoms with Crippen LogP contribution < -0.4 is 0 Å². The van der Waals surface area contributed by atoms with Gasteiger partial charge in [0.1, 0.15) is 6.33 Å². The van der Waals surface area contributed by atoms with Crippen molar-refractivity contribution in [3.05, 3.63) is 47.1 Å². The Morgan fingerprint density at radius 1 is 1.19 bits per heavy atom. The molecule has 0 aliphatic carbocycles. The summed E-state index contributed by atoms with van der Waals surface area (Å²) in [5, 5.41) is 11.4. The van der Waals surface area contributed by atoms with Gasteiger partial charge < -0.3 is 4.90 Å². The largest absolute Gasteiger partial charge is 0.339 e. The molecule has 1 amide bonds. The van der Waals surface area contributed by atoms with Crippen molar-refractivity contribution in [1.29, 1.82) is 0 Å². The first-order chi connectivity index (χ1) is 12.6. The van der Waals surface area contributed by atoms with Crippen molar-refractivity contribution >= 4 is 17.2 Å². The van der Waals surface area contributed by atoms with Crippen LogP contribution in [-0.4, -0.2) is 44.1 Å². The molecule has 26 heavy (non-hydrogen) atoms. The Hall–Kier alpha value is -2.54. The zero-order valence-corrected chi connectivity index (χ0v) is 15.7. The molecule has 6 nitrogen and oxygen atoms in total. The van der Waals surface area contributed by atoms with Gasteiger partial charge in [-0.25, -0.2) is 4.68 Å². The van der Waals surface area contributed by atoms with E-state index in [1.165, 1.54) is 4.88 Å². The van der Waals surface area contributed by atoms with Gasteiger partial charge in [-0.1, -0.05) is 6.92 Å². The number of aryl methyl sites for hydroxylation is 1. The highest BCUT2D eigenvalue weighted by Gasteiger charge is 2.22. The summed E-state index contributed by atoms with van der Waals surface area (Å²) >= 11 is 1.72. The fourth-order valence-corrected chi connectivity index (χ4v) is 4.13. The number of tetrazole rings is 1. The summed E-state index contributed by atoms with van der Waals surface area (Å²) in [6.07, 6.45) is 3.68. The molecule has 0 bridgehead atoms. The van der Waals surface area contributed by atoms with Crippen molar-refractivity contribution in [3.8, 4) is 16.1 Å². The van der Waals surface area contributed by atoms with Crippen LogP contribution in [0.5, 0.6) is 0 Å². The Bertz CT molecular complexity index is 910. The summed E-state index contributed by atoms with van der Waals surface area (Å²) in [5.41, 5.74) is 2.51. The number of benzene rings is 1. The van der Waals surface area contributed by atoms with Gasteiger partial charge in [0.25, 0.3) is 5.91 Å². The quantitative estimate of drug-likeness (QED) is 0.710. The number of thiophene rings is 1. The zero-order chi connectivity index (χ0) is 18.1. The molecule has 1 fully saturated rings. The first kappa shape index (κ1) is 16.9. The highest BCUT2D eigenvalue weighted by molar-refractivity contribution is 7.15. The van der Waals surface area contributed by atoms with Crippen LogP contribution in [0.15, 0.2) is 36.7 Å². The van der Waals surface area contributed by atoms with Crippen LogP contribution in [0.2, 0.25) is 0 Å². The first-order valence-corrected chi connectivity index (χ1v) is 9.66. The van der Waals surface area contributed by atoms with E-state index in [4.69, 9.17) is 0 Å². The van der Waals surface area contributed by atoms with Crippen molar-refractivity contribution in [2.75, 3.05) is 13.1 Å². The lowest BCUT2D eigenvalue weighted by Gasteiger charge is -2.30. The second-order valence-corrected chi connectivity index (χ2v) is 8.20. The molecule has 7 heteroatoms. The van der Waals surface area contributed by atoms with Crippen molar-refractivity contribution in [2.24, 2.45) is 5.92 Å². The van der Waals surface area contributed by atoms with Crippen molar-refractivity contribution in [2.45, 2.75) is 26.7 Å². The molecule has 0 unspecified atom stereocenters. The normalized spacial score (nSPS) is 15.4. The van der Waals surface area contributed by atoms with Crippen LogP contribution in [0.4, 0.5) is 0 Å². The van der Waals surface area contributed by atoms with Gasteiger partial charge in [-0.2, -0.15) is 0 Å². The smallest absolute Gasteiger partial charge is 0.253 e. The molecule has 1 aliphatic rings. The lowest BCUT2D eigenvalue weighted by atomic mass is 9.98. The molecule has 1 aliphatic heterocycles. The number of hydrogen-bond acceptors (Lipinski definition) is 5. The van der Waals surface area contributed by atoms with Crippen LogP contribution in [-0.2, 0) is 0 Å². The molecule has 2 aromatic heterocycles. The lowest BCUT2D eigenvalue weighted by molar-refractivity contribution is 0.0697. The average molecular weight is 367 g/mol. The topological polar surface area (TPSA) is 63.9 Å². The molecule has 0 N–H and O–H groups in total. The molecule has 1 saturated heterocycles. The molecule has 0 atom stereocenters. The number of nitrogens with zero attached hydrogens (tertiary/aromatic N) is 5. The van der Waals surface area contributed by atoms with E-state index in [1.807, 2.05) is 23.1 Å². The van der Waals surface area contributed by atoms with Crippen LogP contribution in [0, 0.1) is 12.8 Å². The Kier molecular flexibility index (Phi) is 4.55. The fourth-order valence-electron chi connectivity index (χ4n) is 3.27. The second kappa shape index (κ2) is 6.99. The molecule has 0 saturated carbocycles. The lowest BCUT2D eigenvalue weighted by Crippen LogP contribution is -2.37. The number of rotatable bonds is 3. The summed E-state index contributed by atoms with van der Waals surface area (Å²) in [7, 11) is 0. The van der Waals surface area contributed by atoms with Gasteiger partial charge in [-0.15, -0.1) is 16.4 Å². The molecule has 3 aromatic rings. The van der Waals surface area contributed by atoms with E-state index in [2.05, 4.69) is 41.5 Å². The maximum atomic E-state index is 13.1. The van der Waals surface area contributed by atoms with E-state index in [0.717, 1.165) is 42.1 Å². The van der Waals surface area contributed by atoms with Gasteiger partial charge in [0.15, 0.2) is 0 Å². The van der Waals surface area contributed by atoms with Gasteiger partial charge in [-0.05, 0) is 72.0 Å². The van der Waals surface area contributed by atoms with E-state index < -0.39 is 0 Å². The minimum Gasteiger partial charge on any atom is -0.339 e. The van der Waals surface area contributed by atoms with Crippen molar-refractivity contribution in [1.82, 2.24) is 25.1 Å². The summed E-state index contributed by atoms with van der Waals surface area (Å²) in [5.74, 6) is 0.776. The Labute approximate surface area is 156 Å². The summed E-state index contributed by atoms with van der Waals surface area (Å²) in [6.45, 7) is 5.98. The van der Waals surface area contributed by atoms with Gasteiger partial charge >= 0.3 is 0 Å². The fraction of sp³-hybridized carbons (Fsp3) is 0.368. The molecule has 1 aromatic carbocycles. The summed E-state index contributed by atoms with van der Waals surface area (Å²) in [6, 6.07) is 10.1. The first-order valence-electron chi connectivity index (χ1n) is 8.85. The third-order valence-corrected chi connectivity index (χ3v) is 5.92. The zero-order valence-electron chi connectivity index (χ0n) is 14.9. The molecule has 3 heterocycles. The average Bonchev–Trinajstić information content (AvgIpc) is 3.33. The van der Waals surface area contributed by atoms with Gasteiger partial charge in [0.2, 0.25) is 0 Å². The number of carbonyl (C=O) groups is 1. The molecular weight excluding hydrogens is 346 g/mol. The minimum atomic E-state index is 0.0846. The van der Waals surface area contributed by atoms with Crippen LogP contribution in [0.1, 0.15) is 35.0 Å². The summed E-state index contributed by atoms with van der Waals surface area (Å²) in [4.78, 5) is 17.4. The van der Waals surface area contributed by atoms with Gasteiger partial charge in [0.05, 0.1) is 5.69 Å². The van der Waals surface area contributed by atoms with Crippen LogP contribution in [0.25, 0.3) is 16.1 Å². The molecule has 134 valence electrons. The number of likely N-dealkylation sites (tertiary alicyclic amines) is 1. The van der Waals surface area contributed by atoms with E-state index >= 15 is 0 Å². The van der Waals surface area contributed by atoms with Crippen molar-refractivity contribution < 1.29 is 4.79 Å². The number of piperidine rings is 1. The maximum Gasteiger partial charge on any atom is 0.253 e. The van der Waals surface area contributed by atoms with Gasteiger partial charge in [-0.3, -0.25) is 4.79 Å². The SMILES string of the molecule is Cc1ccc(-c2cc(C(=O)N3CCC(C)CC3)cc(-n3cnnn3)c2)s1. The van der Waals surface area contributed by atoms with Crippen molar-refractivity contribution in [3.63, 3.8) is 0 Å². The number of hydrogen-bond donors (Lipinski definition) is 0. The maximum absolute atomic E-state index is 13.1. The summed E-state index contributed by atoms with van der Waals surface area (Å²) < 4.78 is 1.60. The molecule has 0 radical (unpaired) electrons. The number of carbonyl (C=O) groups excluding carboxylic acids is 1. The standard InChI is InChI=1S/C19H21N5OS/c1-13-5-7-23(8-6-13)19(25)16-9-15(18-4-3-14(2)26-18)10-17(11-16)24-12-20-21-22-24/h3-4,9-13H,5-8H2,1-2H3. The predicted molar refractivity (Wildman–Crippen MR) is 102 cm³/mol. The number of amides is 1. The molecule has 0 spiro atoms.